The number of nitrogens with zero attached hydrogens (tertiary/aromatic N) is 2. The van der Waals surface area contributed by atoms with E-state index in [0.717, 1.165) is 18.0 Å². The van der Waals surface area contributed by atoms with Crippen LogP contribution < -0.4 is 0 Å². The number of halogens is 1. The van der Waals surface area contributed by atoms with E-state index in [1.165, 1.54) is 16.5 Å². The molecule has 1 aromatic heterocycles. The summed E-state index contributed by atoms with van der Waals surface area (Å²) in [6.07, 6.45) is 3.22. The third-order valence-electron chi connectivity index (χ3n) is 3.56. The van der Waals surface area contributed by atoms with Gasteiger partial charge in [-0.3, -0.25) is 0 Å². The molecule has 2 nitrogen and oxygen atoms in total. The van der Waals surface area contributed by atoms with Crippen molar-refractivity contribution >= 4 is 22.5 Å². The van der Waals surface area contributed by atoms with Gasteiger partial charge in [0.25, 0.3) is 0 Å². The van der Waals surface area contributed by atoms with Gasteiger partial charge in [0.15, 0.2) is 0 Å². The first-order valence-corrected chi connectivity index (χ1v) is 5.97. The molecule has 1 aromatic carbocycles. The minimum atomic E-state index is 0.544. The monoisotopic (exact) mass is 234 g/mol. The predicted octanol–water partition coefficient (Wildman–Crippen LogP) is 2.78. The van der Waals surface area contributed by atoms with Gasteiger partial charge in [0.05, 0.1) is 5.52 Å². The zero-order valence-corrected chi connectivity index (χ0v) is 10.3. The number of likely N-dealkylation sites (N-methyl/N-ethyl adjacent to an activating group) is 1. The van der Waals surface area contributed by atoms with Crippen LogP contribution in [-0.4, -0.2) is 29.6 Å². The third-order valence-corrected chi connectivity index (χ3v) is 3.91. The molecule has 1 atom stereocenters. The van der Waals surface area contributed by atoms with Gasteiger partial charge in [-0.1, -0.05) is 17.7 Å². The molecule has 0 amide bonds. The van der Waals surface area contributed by atoms with Crippen molar-refractivity contribution in [1.82, 2.24) is 9.47 Å². The summed E-state index contributed by atoms with van der Waals surface area (Å²) in [6, 6.07) is 6.84. The van der Waals surface area contributed by atoms with Gasteiger partial charge in [0, 0.05) is 23.8 Å². The van der Waals surface area contributed by atoms with Crippen LogP contribution in [0.5, 0.6) is 0 Å². The quantitative estimate of drug-likeness (QED) is 0.737. The molecule has 0 saturated carbocycles. The van der Waals surface area contributed by atoms with Crippen molar-refractivity contribution in [2.45, 2.75) is 19.0 Å². The molecule has 0 N–H and O–H groups in total. The molecule has 3 rings (SSSR count). The largest absolute Gasteiger partial charge is 0.346 e. The highest BCUT2D eigenvalue weighted by Gasteiger charge is 2.23. The van der Waals surface area contributed by atoms with Gasteiger partial charge in [-0.2, -0.15) is 0 Å². The van der Waals surface area contributed by atoms with Crippen molar-refractivity contribution in [1.29, 1.82) is 0 Å². The summed E-state index contributed by atoms with van der Waals surface area (Å²) in [6.45, 7) is 1.06. The minimum Gasteiger partial charge on any atom is -0.346 e. The Morgan fingerprint density at radius 1 is 1.31 bits per heavy atom. The third kappa shape index (κ3) is 1.37. The Balaban J connectivity index is 2.21. The van der Waals surface area contributed by atoms with Gasteiger partial charge < -0.3 is 9.47 Å². The van der Waals surface area contributed by atoms with Crippen LogP contribution in [0.25, 0.3) is 10.9 Å². The molecule has 1 aliphatic rings. The van der Waals surface area contributed by atoms with Gasteiger partial charge in [0.1, 0.15) is 0 Å². The summed E-state index contributed by atoms with van der Waals surface area (Å²) in [5.74, 6) is 0. The second-order valence-electron chi connectivity index (χ2n) is 4.75. The molecule has 0 aliphatic carbocycles. The maximum absolute atomic E-state index is 6.30. The molecule has 1 unspecified atom stereocenters. The van der Waals surface area contributed by atoms with Crippen molar-refractivity contribution in [2.75, 3.05) is 14.1 Å². The molecule has 84 valence electrons. The van der Waals surface area contributed by atoms with E-state index in [1.807, 2.05) is 6.07 Å². The van der Waals surface area contributed by atoms with Crippen LogP contribution in [0, 0.1) is 0 Å². The lowest BCUT2D eigenvalue weighted by molar-refractivity contribution is 0.258. The molecule has 3 heteroatoms. The first-order chi connectivity index (χ1) is 7.66. The lowest BCUT2D eigenvalue weighted by atomic mass is 9.99. The van der Waals surface area contributed by atoms with E-state index < -0.39 is 0 Å². The average molecular weight is 235 g/mol. The van der Waals surface area contributed by atoms with Crippen LogP contribution >= 0.6 is 11.6 Å². The lowest BCUT2D eigenvalue weighted by Crippen LogP contribution is -2.36. The van der Waals surface area contributed by atoms with Crippen molar-refractivity contribution in [3.8, 4) is 0 Å². The lowest BCUT2D eigenvalue weighted by Gasteiger charge is -2.30. The Hall–Kier alpha value is -0.990. The maximum atomic E-state index is 6.30. The van der Waals surface area contributed by atoms with Crippen LogP contribution in [-0.2, 0) is 13.0 Å². The molecule has 0 bridgehead atoms. The summed E-state index contributed by atoms with van der Waals surface area (Å²) < 4.78 is 2.32. The molecule has 0 saturated heterocycles. The van der Waals surface area contributed by atoms with E-state index in [2.05, 4.69) is 41.9 Å². The fraction of sp³-hybridized carbons (Fsp3) is 0.385. The summed E-state index contributed by atoms with van der Waals surface area (Å²) in [4.78, 5) is 2.28. The van der Waals surface area contributed by atoms with Crippen molar-refractivity contribution < 1.29 is 0 Å². The zero-order valence-electron chi connectivity index (χ0n) is 9.57. The Morgan fingerprint density at radius 2 is 2.12 bits per heavy atom. The van der Waals surface area contributed by atoms with Gasteiger partial charge in [-0.25, -0.2) is 0 Å². The van der Waals surface area contributed by atoms with E-state index >= 15 is 0 Å². The van der Waals surface area contributed by atoms with Crippen molar-refractivity contribution in [3.05, 3.63) is 35.0 Å². The smallest absolute Gasteiger partial charge is 0.0528 e. The SMILES string of the molecule is CN(C)C1Cc2c(Cl)ccc3ccn(c23)C1. The molecule has 0 radical (unpaired) electrons. The second kappa shape index (κ2) is 3.51. The Morgan fingerprint density at radius 3 is 2.88 bits per heavy atom. The number of aromatic nitrogens is 1. The van der Waals surface area contributed by atoms with Crippen LogP contribution in [0.3, 0.4) is 0 Å². The highest BCUT2D eigenvalue weighted by molar-refractivity contribution is 6.32. The highest BCUT2D eigenvalue weighted by Crippen LogP contribution is 2.32. The molecule has 1 aliphatic heterocycles. The zero-order chi connectivity index (χ0) is 11.3. The van der Waals surface area contributed by atoms with Crippen LogP contribution in [0.1, 0.15) is 5.56 Å². The summed E-state index contributed by atoms with van der Waals surface area (Å²) >= 11 is 6.30. The molecular weight excluding hydrogens is 220 g/mol. The second-order valence-corrected chi connectivity index (χ2v) is 5.16. The number of hydrogen-bond acceptors (Lipinski definition) is 1. The Bertz CT molecular complexity index is 542. The highest BCUT2D eigenvalue weighted by atomic mass is 35.5. The van der Waals surface area contributed by atoms with Crippen LogP contribution in [0.15, 0.2) is 24.4 Å². The topological polar surface area (TPSA) is 8.17 Å². The molecule has 0 fully saturated rings. The fourth-order valence-electron chi connectivity index (χ4n) is 2.57. The summed E-state index contributed by atoms with van der Waals surface area (Å²) in [5.41, 5.74) is 2.62. The van der Waals surface area contributed by atoms with E-state index in [1.54, 1.807) is 0 Å². The first-order valence-electron chi connectivity index (χ1n) is 5.59. The number of hydrogen-bond donors (Lipinski definition) is 0. The summed E-state index contributed by atoms with van der Waals surface area (Å²) in [5, 5.41) is 2.20. The molecular formula is C13H15ClN2. The predicted molar refractivity (Wildman–Crippen MR) is 68.1 cm³/mol. The van der Waals surface area contributed by atoms with Crippen LogP contribution in [0.4, 0.5) is 0 Å². The van der Waals surface area contributed by atoms with E-state index in [0.29, 0.717) is 6.04 Å². The first kappa shape index (κ1) is 10.2. The number of benzene rings is 1. The average Bonchev–Trinajstić information content (AvgIpc) is 2.67. The number of rotatable bonds is 1. The van der Waals surface area contributed by atoms with Gasteiger partial charge in [-0.05, 0) is 43.6 Å². The van der Waals surface area contributed by atoms with Crippen molar-refractivity contribution in [3.63, 3.8) is 0 Å². The summed E-state index contributed by atoms with van der Waals surface area (Å²) in [7, 11) is 4.26. The Kier molecular flexibility index (Phi) is 2.23. The molecule has 0 spiro atoms. The van der Waals surface area contributed by atoms with E-state index in [4.69, 9.17) is 11.6 Å². The molecule has 2 heterocycles. The molecule has 16 heavy (non-hydrogen) atoms. The van der Waals surface area contributed by atoms with E-state index in [9.17, 15) is 0 Å². The van der Waals surface area contributed by atoms with Crippen LogP contribution in [0.2, 0.25) is 5.02 Å². The fourth-order valence-corrected chi connectivity index (χ4v) is 2.80. The van der Waals surface area contributed by atoms with E-state index in [-0.39, 0.29) is 0 Å². The standard InChI is InChI=1S/C13H15ClN2/c1-15(2)10-7-11-12(14)4-3-9-5-6-16(8-10)13(9)11/h3-6,10H,7-8H2,1-2H3. The van der Waals surface area contributed by atoms with Gasteiger partial charge in [-0.15, -0.1) is 0 Å². The normalized spacial score (nSPS) is 19.6. The van der Waals surface area contributed by atoms with Gasteiger partial charge >= 0.3 is 0 Å². The minimum absolute atomic E-state index is 0.544. The maximum Gasteiger partial charge on any atom is 0.0528 e. The molecule has 2 aromatic rings. The Labute approximate surface area is 100 Å². The van der Waals surface area contributed by atoms with Gasteiger partial charge in [0.2, 0.25) is 0 Å². The van der Waals surface area contributed by atoms with Crippen molar-refractivity contribution in [2.24, 2.45) is 0 Å².